The number of rotatable bonds is 3. The molecule has 0 aromatic carbocycles. The summed E-state index contributed by atoms with van der Waals surface area (Å²) in [5.74, 6) is 2.11. The number of ether oxygens (including phenoxy) is 1. The van der Waals surface area contributed by atoms with E-state index in [2.05, 4.69) is 20.4 Å². The van der Waals surface area contributed by atoms with Crippen LogP contribution in [0.15, 0.2) is 12.2 Å². The highest BCUT2D eigenvalue weighted by Gasteiger charge is 2.63. The number of aliphatic hydroxyl groups is 1. The van der Waals surface area contributed by atoms with Crippen LogP contribution in [0.3, 0.4) is 0 Å². The van der Waals surface area contributed by atoms with Crippen molar-refractivity contribution in [2.45, 2.75) is 78.2 Å². The van der Waals surface area contributed by atoms with Gasteiger partial charge >= 0.3 is 5.97 Å². The summed E-state index contributed by atoms with van der Waals surface area (Å²) >= 11 is 0. The summed E-state index contributed by atoms with van der Waals surface area (Å²) in [6.07, 6.45) is 7.61. The van der Waals surface area contributed by atoms with Gasteiger partial charge in [0.05, 0.1) is 6.10 Å². The molecule has 4 heteroatoms. The van der Waals surface area contributed by atoms with Crippen molar-refractivity contribution in [2.24, 2.45) is 40.4 Å². The molecule has 4 rings (SSSR count). The third-order valence-electron chi connectivity index (χ3n) is 9.27. The van der Waals surface area contributed by atoms with Gasteiger partial charge in [0.2, 0.25) is 0 Å². The lowest BCUT2D eigenvalue weighted by atomic mass is 9.44. The van der Waals surface area contributed by atoms with Crippen LogP contribution in [-0.2, 0) is 14.3 Å². The van der Waals surface area contributed by atoms with Gasteiger partial charge < -0.3 is 9.84 Å². The van der Waals surface area contributed by atoms with Crippen molar-refractivity contribution in [3.8, 4) is 0 Å². The van der Waals surface area contributed by atoms with Crippen LogP contribution in [0.4, 0.5) is 0 Å². The number of carbonyl (C=O) groups is 2. The van der Waals surface area contributed by atoms with Crippen molar-refractivity contribution >= 4 is 11.8 Å². The van der Waals surface area contributed by atoms with Gasteiger partial charge in [-0.1, -0.05) is 20.4 Å². The van der Waals surface area contributed by atoms with Gasteiger partial charge in [0.15, 0.2) is 0 Å². The first-order chi connectivity index (χ1) is 13.2. The third-order valence-corrected chi connectivity index (χ3v) is 9.27. The number of fused-ring (bicyclic) bond motifs is 5. The maximum Gasteiger partial charge on any atom is 0.302 e. The first-order valence-electron chi connectivity index (χ1n) is 11.2. The van der Waals surface area contributed by atoms with Crippen LogP contribution in [0.5, 0.6) is 0 Å². The van der Waals surface area contributed by atoms with E-state index >= 15 is 0 Å². The topological polar surface area (TPSA) is 63.6 Å². The van der Waals surface area contributed by atoms with Crippen molar-refractivity contribution in [1.29, 1.82) is 0 Å². The molecule has 4 aliphatic rings. The molecule has 8 atom stereocenters. The predicted octanol–water partition coefficient (Wildman–Crippen LogP) is 4.30. The smallest absolute Gasteiger partial charge is 0.302 e. The quantitative estimate of drug-likeness (QED) is 0.578. The standard InChI is InChI=1S/C24H36O4/c1-14(13-28-15(2)25)19-7-8-20-18-6-5-16-11-17(26)9-10-23(16,3)22(18)21(27)12-24(19,20)4/h16-20,22,26H,1,5-13H2,2-4H3/t16-,17+,18?,19+,20?,22?,23-,24+/m0/s1. The zero-order valence-corrected chi connectivity index (χ0v) is 17.7. The monoisotopic (exact) mass is 388 g/mol. The number of aliphatic hydroxyl groups excluding tert-OH is 1. The number of carbonyl (C=O) groups excluding carboxylic acids is 2. The Hall–Kier alpha value is -1.16. The van der Waals surface area contributed by atoms with E-state index < -0.39 is 0 Å². The molecular weight excluding hydrogens is 352 g/mol. The Labute approximate surface area is 169 Å². The van der Waals surface area contributed by atoms with Crippen molar-refractivity contribution in [1.82, 2.24) is 0 Å². The maximum absolute atomic E-state index is 13.6. The molecule has 0 heterocycles. The molecular formula is C24H36O4. The molecule has 156 valence electrons. The zero-order chi connectivity index (χ0) is 20.3. The van der Waals surface area contributed by atoms with Gasteiger partial charge in [-0.15, -0.1) is 0 Å². The molecule has 0 saturated heterocycles. The molecule has 0 aromatic rings. The first-order valence-corrected chi connectivity index (χ1v) is 11.2. The van der Waals surface area contributed by atoms with Gasteiger partial charge in [0.25, 0.3) is 0 Å². The molecule has 4 nitrogen and oxygen atoms in total. The van der Waals surface area contributed by atoms with Crippen molar-refractivity contribution in [3.63, 3.8) is 0 Å². The third kappa shape index (κ3) is 2.98. The van der Waals surface area contributed by atoms with Crippen LogP contribution in [-0.4, -0.2) is 29.6 Å². The summed E-state index contributed by atoms with van der Waals surface area (Å²) < 4.78 is 5.22. The Morgan fingerprint density at radius 2 is 1.93 bits per heavy atom. The van der Waals surface area contributed by atoms with Crippen LogP contribution in [0.25, 0.3) is 0 Å². The summed E-state index contributed by atoms with van der Waals surface area (Å²) in [6, 6.07) is 0. The summed E-state index contributed by atoms with van der Waals surface area (Å²) in [5.41, 5.74) is 0.993. The van der Waals surface area contributed by atoms with Crippen LogP contribution >= 0.6 is 0 Å². The molecule has 0 bridgehead atoms. The van der Waals surface area contributed by atoms with Gasteiger partial charge in [-0.25, -0.2) is 0 Å². The van der Waals surface area contributed by atoms with E-state index in [4.69, 9.17) is 4.74 Å². The van der Waals surface area contributed by atoms with E-state index in [1.165, 1.54) is 6.92 Å². The molecule has 3 unspecified atom stereocenters. The lowest BCUT2D eigenvalue weighted by Gasteiger charge is -2.60. The highest BCUT2D eigenvalue weighted by atomic mass is 16.5. The molecule has 0 radical (unpaired) electrons. The Bertz CT molecular complexity index is 684. The fourth-order valence-electron chi connectivity index (χ4n) is 8.02. The molecule has 0 aromatic heterocycles. The van der Waals surface area contributed by atoms with Gasteiger partial charge in [0, 0.05) is 19.3 Å². The van der Waals surface area contributed by atoms with E-state index in [-0.39, 0.29) is 41.3 Å². The average Bonchev–Trinajstić information content (AvgIpc) is 2.96. The molecule has 28 heavy (non-hydrogen) atoms. The molecule has 1 N–H and O–H groups in total. The second kappa shape index (κ2) is 6.97. The van der Waals surface area contributed by atoms with Gasteiger partial charge in [-0.05, 0) is 85.0 Å². The van der Waals surface area contributed by atoms with Gasteiger partial charge in [-0.3, -0.25) is 9.59 Å². The van der Waals surface area contributed by atoms with Crippen LogP contribution in [0.1, 0.15) is 72.1 Å². The molecule has 4 aliphatic carbocycles. The Kier molecular flexibility index (Phi) is 5.01. The number of ketones is 1. The van der Waals surface area contributed by atoms with E-state index in [1.807, 2.05) is 0 Å². The van der Waals surface area contributed by atoms with E-state index in [0.29, 0.717) is 30.0 Å². The Morgan fingerprint density at radius 1 is 1.18 bits per heavy atom. The summed E-state index contributed by atoms with van der Waals surface area (Å²) in [5, 5.41) is 10.2. The Morgan fingerprint density at radius 3 is 2.64 bits per heavy atom. The number of hydrogen-bond donors (Lipinski definition) is 1. The van der Waals surface area contributed by atoms with Crippen LogP contribution in [0.2, 0.25) is 0 Å². The van der Waals surface area contributed by atoms with Gasteiger partial charge in [0.1, 0.15) is 12.4 Å². The summed E-state index contributed by atoms with van der Waals surface area (Å²) in [4.78, 5) is 24.8. The maximum atomic E-state index is 13.6. The number of hydrogen-bond acceptors (Lipinski definition) is 4. The molecule has 4 saturated carbocycles. The summed E-state index contributed by atoms with van der Waals surface area (Å²) in [7, 11) is 0. The van der Waals surface area contributed by atoms with Crippen molar-refractivity contribution in [3.05, 3.63) is 12.2 Å². The minimum absolute atomic E-state index is 0.0488. The Balaban J connectivity index is 1.58. The van der Waals surface area contributed by atoms with E-state index in [1.54, 1.807) is 0 Å². The first kappa shape index (κ1) is 20.1. The van der Waals surface area contributed by atoms with Crippen LogP contribution < -0.4 is 0 Å². The predicted molar refractivity (Wildman–Crippen MR) is 107 cm³/mol. The lowest BCUT2D eigenvalue weighted by molar-refractivity contribution is -0.161. The largest absolute Gasteiger partial charge is 0.461 e. The number of Topliss-reactive ketones (excluding diaryl/α,β-unsaturated/α-hetero) is 1. The zero-order valence-electron chi connectivity index (χ0n) is 17.7. The highest BCUT2D eigenvalue weighted by Crippen LogP contribution is 2.67. The lowest BCUT2D eigenvalue weighted by Crippen LogP contribution is -2.57. The van der Waals surface area contributed by atoms with E-state index in [9.17, 15) is 14.7 Å². The molecule has 0 amide bonds. The average molecular weight is 389 g/mol. The minimum atomic E-state index is -0.272. The SMILES string of the molecule is C=C(COC(C)=O)[C@H]1CCC2C3CC[C@H]4C[C@H](O)CC[C@]4(C)C3C(=O)C[C@@]21C. The van der Waals surface area contributed by atoms with Crippen LogP contribution in [0, 0.1) is 40.4 Å². The second-order valence-electron chi connectivity index (χ2n) is 10.7. The van der Waals surface area contributed by atoms with Crippen molar-refractivity contribution < 1.29 is 19.4 Å². The van der Waals surface area contributed by atoms with Gasteiger partial charge in [-0.2, -0.15) is 0 Å². The van der Waals surface area contributed by atoms with Crippen molar-refractivity contribution in [2.75, 3.05) is 6.61 Å². The highest BCUT2D eigenvalue weighted by molar-refractivity contribution is 5.84. The molecule has 4 fully saturated rings. The second-order valence-corrected chi connectivity index (χ2v) is 10.7. The molecule has 0 spiro atoms. The van der Waals surface area contributed by atoms with E-state index in [0.717, 1.165) is 50.5 Å². The number of esters is 1. The fourth-order valence-corrected chi connectivity index (χ4v) is 8.02. The molecule has 0 aliphatic heterocycles. The normalized spacial score (nSPS) is 47.6. The minimum Gasteiger partial charge on any atom is -0.461 e. The summed E-state index contributed by atoms with van der Waals surface area (Å²) in [6.45, 7) is 10.6. The fraction of sp³-hybridized carbons (Fsp3) is 0.833.